The molecule has 0 unspecified atom stereocenters. The van der Waals surface area contributed by atoms with Crippen molar-refractivity contribution < 1.29 is 28.0 Å². The molecule has 0 aromatic heterocycles. The second-order valence-corrected chi connectivity index (χ2v) is 6.23. The standard InChI is InChI=1S/C19H17F2N3O5/c20-19(21)29-16-8-4-2-6-14(16)18(26)23-11-9-22(10-12-23)17(25)13-5-1-3-7-15(13)24(27)28/h1-8,19H,9-12H2. The number of halogens is 2. The Morgan fingerprint density at radius 1 is 0.897 bits per heavy atom. The van der Waals surface area contributed by atoms with E-state index in [-0.39, 0.29) is 48.7 Å². The molecule has 1 fully saturated rings. The van der Waals surface area contributed by atoms with Crippen LogP contribution in [-0.2, 0) is 0 Å². The van der Waals surface area contributed by atoms with Gasteiger partial charge in [0.1, 0.15) is 11.3 Å². The first-order chi connectivity index (χ1) is 13.9. The normalized spacial score (nSPS) is 14.0. The van der Waals surface area contributed by atoms with Crippen LogP contribution in [0.3, 0.4) is 0 Å². The summed E-state index contributed by atoms with van der Waals surface area (Å²) >= 11 is 0. The van der Waals surface area contributed by atoms with E-state index < -0.39 is 23.3 Å². The lowest BCUT2D eigenvalue weighted by atomic mass is 10.1. The van der Waals surface area contributed by atoms with Crippen molar-refractivity contribution in [1.29, 1.82) is 0 Å². The Kier molecular flexibility index (Phi) is 6.01. The first kappa shape index (κ1) is 20.2. The summed E-state index contributed by atoms with van der Waals surface area (Å²) in [7, 11) is 0. The third-order valence-corrected chi connectivity index (χ3v) is 4.52. The van der Waals surface area contributed by atoms with Crippen molar-refractivity contribution in [2.45, 2.75) is 6.61 Å². The van der Waals surface area contributed by atoms with Crippen LogP contribution in [0.2, 0.25) is 0 Å². The molecule has 3 rings (SSSR count). The molecular formula is C19H17F2N3O5. The molecule has 152 valence electrons. The highest BCUT2D eigenvalue weighted by molar-refractivity contribution is 5.99. The van der Waals surface area contributed by atoms with Gasteiger partial charge in [0.2, 0.25) is 0 Å². The minimum Gasteiger partial charge on any atom is -0.434 e. The van der Waals surface area contributed by atoms with Crippen LogP contribution in [0.15, 0.2) is 48.5 Å². The van der Waals surface area contributed by atoms with Crippen molar-refractivity contribution in [2.24, 2.45) is 0 Å². The number of amides is 2. The summed E-state index contributed by atoms with van der Waals surface area (Å²) in [6, 6.07) is 11.4. The summed E-state index contributed by atoms with van der Waals surface area (Å²) in [6.07, 6.45) is 0. The molecule has 0 saturated carbocycles. The molecule has 2 amide bonds. The summed E-state index contributed by atoms with van der Waals surface area (Å²) in [5.41, 5.74) is -0.298. The van der Waals surface area contributed by atoms with Gasteiger partial charge in [-0.1, -0.05) is 24.3 Å². The van der Waals surface area contributed by atoms with Gasteiger partial charge in [0.25, 0.3) is 17.5 Å². The van der Waals surface area contributed by atoms with Gasteiger partial charge in [-0.3, -0.25) is 19.7 Å². The van der Waals surface area contributed by atoms with E-state index in [0.29, 0.717) is 0 Å². The summed E-state index contributed by atoms with van der Waals surface area (Å²) in [6.45, 7) is -2.41. The second-order valence-electron chi connectivity index (χ2n) is 6.23. The van der Waals surface area contributed by atoms with E-state index in [1.165, 1.54) is 46.2 Å². The van der Waals surface area contributed by atoms with Crippen molar-refractivity contribution in [3.63, 3.8) is 0 Å². The van der Waals surface area contributed by atoms with Gasteiger partial charge in [0, 0.05) is 32.2 Å². The molecule has 0 radical (unpaired) electrons. The molecule has 10 heteroatoms. The first-order valence-corrected chi connectivity index (χ1v) is 8.74. The van der Waals surface area contributed by atoms with Crippen molar-refractivity contribution >= 4 is 17.5 Å². The Morgan fingerprint density at radius 2 is 1.38 bits per heavy atom. The lowest BCUT2D eigenvalue weighted by molar-refractivity contribution is -0.385. The Labute approximate surface area is 164 Å². The zero-order chi connectivity index (χ0) is 21.0. The van der Waals surface area contributed by atoms with Gasteiger partial charge in [-0.05, 0) is 18.2 Å². The number of carbonyl (C=O) groups excluding carboxylic acids is 2. The Morgan fingerprint density at radius 3 is 1.93 bits per heavy atom. The van der Waals surface area contributed by atoms with Gasteiger partial charge in [0.15, 0.2) is 0 Å². The molecule has 0 bridgehead atoms. The Bertz CT molecular complexity index is 930. The van der Waals surface area contributed by atoms with Crippen LogP contribution in [0.25, 0.3) is 0 Å². The lowest BCUT2D eigenvalue weighted by Gasteiger charge is -2.35. The van der Waals surface area contributed by atoms with E-state index in [1.807, 2.05) is 0 Å². The van der Waals surface area contributed by atoms with Gasteiger partial charge in [-0.2, -0.15) is 8.78 Å². The zero-order valence-corrected chi connectivity index (χ0v) is 15.2. The van der Waals surface area contributed by atoms with Crippen molar-refractivity contribution in [1.82, 2.24) is 9.80 Å². The summed E-state index contributed by atoms with van der Waals surface area (Å²) in [4.78, 5) is 38.7. The number of hydrogen-bond donors (Lipinski definition) is 0. The quantitative estimate of drug-likeness (QED) is 0.563. The van der Waals surface area contributed by atoms with Crippen LogP contribution in [-0.4, -0.2) is 59.3 Å². The molecule has 2 aromatic carbocycles. The predicted molar refractivity (Wildman–Crippen MR) is 98.0 cm³/mol. The Balaban J connectivity index is 1.69. The largest absolute Gasteiger partial charge is 0.434 e. The number of nitro groups is 1. The average Bonchev–Trinajstić information content (AvgIpc) is 2.73. The van der Waals surface area contributed by atoms with E-state index >= 15 is 0 Å². The maximum atomic E-state index is 12.7. The maximum Gasteiger partial charge on any atom is 0.387 e. The number of nitro benzene ring substituents is 1. The number of nitrogens with zero attached hydrogens (tertiary/aromatic N) is 3. The fraction of sp³-hybridized carbons (Fsp3) is 0.263. The third kappa shape index (κ3) is 4.48. The fourth-order valence-corrected chi connectivity index (χ4v) is 3.11. The molecule has 2 aromatic rings. The van der Waals surface area contributed by atoms with E-state index in [2.05, 4.69) is 4.74 Å². The molecule has 1 saturated heterocycles. The topological polar surface area (TPSA) is 93.0 Å². The van der Waals surface area contributed by atoms with Crippen LogP contribution in [0.4, 0.5) is 14.5 Å². The van der Waals surface area contributed by atoms with E-state index in [4.69, 9.17) is 0 Å². The van der Waals surface area contributed by atoms with Gasteiger partial charge < -0.3 is 14.5 Å². The number of hydrogen-bond acceptors (Lipinski definition) is 5. The summed E-state index contributed by atoms with van der Waals surface area (Å²) in [5.74, 6) is -1.20. The summed E-state index contributed by atoms with van der Waals surface area (Å²) in [5, 5.41) is 11.1. The van der Waals surface area contributed by atoms with Crippen LogP contribution in [0, 0.1) is 10.1 Å². The number of para-hydroxylation sites is 2. The van der Waals surface area contributed by atoms with Gasteiger partial charge >= 0.3 is 6.61 Å². The molecule has 29 heavy (non-hydrogen) atoms. The van der Waals surface area contributed by atoms with E-state index in [9.17, 15) is 28.5 Å². The van der Waals surface area contributed by atoms with Crippen molar-refractivity contribution in [3.05, 3.63) is 69.8 Å². The number of carbonyl (C=O) groups is 2. The molecule has 0 spiro atoms. The highest BCUT2D eigenvalue weighted by atomic mass is 19.3. The smallest absolute Gasteiger partial charge is 0.387 e. The minimum absolute atomic E-state index is 0.00581. The molecule has 0 N–H and O–H groups in total. The second kappa shape index (κ2) is 8.63. The third-order valence-electron chi connectivity index (χ3n) is 4.52. The lowest BCUT2D eigenvalue weighted by Crippen LogP contribution is -2.50. The molecule has 1 aliphatic heterocycles. The van der Waals surface area contributed by atoms with E-state index in [1.54, 1.807) is 12.1 Å². The van der Waals surface area contributed by atoms with Crippen molar-refractivity contribution in [3.8, 4) is 5.75 Å². The average molecular weight is 405 g/mol. The van der Waals surface area contributed by atoms with Crippen LogP contribution in [0.5, 0.6) is 5.75 Å². The zero-order valence-electron chi connectivity index (χ0n) is 15.2. The molecule has 1 heterocycles. The van der Waals surface area contributed by atoms with Crippen LogP contribution >= 0.6 is 0 Å². The highest BCUT2D eigenvalue weighted by Crippen LogP contribution is 2.24. The summed E-state index contributed by atoms with van der Waals surface area (Å²) < 4.78 is 29.5. The van der Waals surface area contributed by atoms with Crippen molar-refractivity contribution in [2.75, 3.05) is 26.2 Å². The number of alkyl halides is 2. The molecule has 1 aliphatic rings. The van der Waals surface area contributed by atoms with E-state index in [0.717, 1.165) is 0 Å². The molecule has 8 nitrogen and oxygen atoms in total. The van der Waals surface area contributed by atoms with Gasteiger partial charge in [-0.15, -0.1) is 0 Å². The number of piperazine rings is 1. The molecular weight excluding hydrogens is 388 g/mol. The maximum absolute atomic E-state index is 12.7. The first-order valence-electron chi connectivity index (χ1n) is 8.74. The predicted octanol–water partition coefficient (Wildman–Crippen LogP) is 2.79. The minimum atomic E-state index is -3.06. The van der Waals surface area contributed by atoms with Crippen LogP contribution < -0.4 is 4.74 Å². The van der Waals surface area contributed by atoms with Gasteiger partial charge in [0.05, 0.1) is 10.5 Å². The number of benzene rings is 2. The molecule has 0 aliphatic carbocycles. The fourth-order valence-electron chi connectivity index (χ4n) is 3.11. The Hall–Kier alpha value is -3.56. The number of ether oxygens (including phenoxy) is 1. The molecule has 0 atom stereocenters. The monoisotopic (exact) mass is 405 g/mol. The highest BCUT2D eigenvalue weighted by Gasteiger charge is 2.30. The SMILES string of the molecule is O=C(c1ccccc1OC(F)F)N1CCN(C(=O)c2ccccc2[N+](=O)[O-])CC1. The van der Waals surface area contributed by atoms with Crippen LogP contribution in [0.1, 0.15) is 20.7 Å². The number of rotatable bonds is 5. The van der Waals surface area contributed by atoms with Gasteiger partial charge in [-0.25, -0.2) is 0 Å².